The Labute approximate surface area is 83.5 Å². The molecule has 0 spiro atoms. The number of nitrogens with one attached hydrogen (secondary N) is 1. The molecule has 72 valence electrons. The van der Waals surface area contributed by atoms with E-state index >= 15 is 0 Å². The Morgan fingerprint density at radius 2 is 2.29 bits per heavy atom. The Hall–Kier alpha value is -1.53. The molecule has 1 aliphatic rings. The highest BCUT2D eigenvalue weighted by atomic mass is 15.0. The van der Waals surface area contributed by atoms with Crippen LogP contribution in [-0.4, -0.2) is 12.1 Å². The molecular formula is C11H13N3. The van der Waals surface area contributed by atoms with E-state index in [1.54, 1.807) is 6.07 Å². The van der Waals surface area contributed by atoms with Gasteiger partial charge in [0, 0.05) is 17.8 Å². The Balaban J connectivity index is 1.99. The summed E-state index contributed by atoms with van der Waals surface area (Å²) in [6, 6.07) is 9.56. The summed E-state index contributed by atoms with van der Waals surface area (Å²) in [5, 5.41) is 11.9. The zero-order valence-electron chi connectivity index (χ0n) is 7.96. The van der Waals surface area contributed by atoms with Gasteiger partial charge in [0.25, 0.3) is 0 Å². The second-order valence-electron chi connectivity index (χ2n) is 3.91. The van der Waals surface area contributed by atoms with Gasteiger partial charge >= 0.3 is 0 Å². The molecule has 0 aromatic heterocycles. The van der Waals surface area contributed by atoms with E-state index in [1.165, 1.54) is 0 Å². The zero-order valence-corrected chi connectivity index (χ0v) is 7.96. The molecule has 0 radical (unpaired) electrons. The summed E-state index contributed by atoms with van der Waals surface area (Å²) in [5.74, 6) is 0. The Morgan fingerprint density at radius 1 is 1.50 bits per heavy atom. The van der Waals surface area contributed by atoms with Crippen LogP contribution in [0.2, 0.25) is 0 Å². The van der Waals surface area contributed by atoms with Crippen molar-refractivity contribution in [1.29, 1.82) is 5.26 Å². The van der Waals surface area contributed by atoms with Gasteiger partial charge in [-0.05, 0) is 31.0 Å². The monoisotopic (exact) mass is 187 g/mol. The van der Waals surface area contributed by atoms with Gasteiger partial charge < -0.3 is 11.1 Å². The third-order valence-electron chi connectivity index (χ3n) is 2.53. The van der Waals surface area contributed by atoms with Gasteiger partial charge in [-0.1, -0.05) is 6.07 Å². The van der Waals surface area contributed by atoms with Crippen LogP contribution in [0.3, 0.4) is 0 Å². The van der Waals surface area contributed by atoms with Gasteiger partial charge in [0.15, 0.2) is 0 Å². The normalized spacial score (nSPS) is 17.1. The number of nitrogens with zero attached hydrogens (tertiary/aromatic N) is 1. The molecule has 14 heavy (non-hydrogen) atoms. The molecule has 0 heterocycles. The van der Waals surface area contributed by atoms with E-state index in [1.807, 2.05) is 18.2 Å². The minimum Gasteiger partial charge on any atom is -0.383 e. The Kier molecular flexibility index (Phi) is 2.14. The van der Waals surface area contributed by atoms with E-state index in [-0.39, 0.29) is 5.54 Å². The summed E-state index contributed by atoms with van der Waals surface area (Å²) >= 11 is 0. The molecule has 3 N–H and O–H groups in total. The largest absolute Gasteiger partial charge is 0.383 e. The first-order valence-electron chi connectivity index (χ1n) is 4.75. The smallest absolute Gasteiger partial charge is 0.0992 e. The second-order valence-corrected chi connectivity index (χ2v) is 3.91. The van der Waals surface area contributed by atoms with Crippen molar-refractivity contribution in [3.8, 4) is 6.07 Å². The van der Waals surface area contributed by atoms with Crippen LogP contribution in [0, 0.1) is 11.3 Å². The van der Waals surface area contributed by atoms with Crippen molar-refractivity contribution >= 4 is 5.69 Å². The van der Waals surface area contributed by atoms with Crippen LogP contribution in [0.25, 0.3) is 0 Å². The van der Waals surface area contributed by atoms with E-state index in [0.717, 1.165) is 25.1 Å². The average molecular weight is 187 g/mol. The third kappa shape index (κ3) is 2.04. The lowest BCUT2D eigenvalue weighted by molar-refractivity contribution is 0.713. The number of hydrogen-bond donors (Lipinski definition) is 2. The van der Waals surface area contributed by atoms with Crippen LogP contribution in [0.1, 0.15) is 18.4 Å². The lowest BCUT2D eigenvalue weighted by Gasteiger charge is -2.11. The maximum absolute atomic E-state index is 8.70. The fourth-order valence-electron chi connectivity index (χ4n) is 1.31. The minimum atomic E-state index is 0.00263. The predicted octanol–water partition coefficient (Wildman–Crippen LogP) is 1.46. The fraction of sp³-hybridized carbons (Fsp3) is 0.364. The Bertz CT molecular complexity index is 374. The van der Waals surface area contributed by atoms with Crippen molar-refractivity contribution in [2.45, 2.75) is 18.4 Å². The maximum atomic E-state index is 8.70. The van der Waals surface area contributed by atoms with E-state index < -0.39 is 0 Å². The van der Waals surface area contributed by atoms with Crippen LogP contribution in [-0.2, 0) is 0 Å². The number of nitrogens with two attached hydrogens (primary N) is 1. The first-order valence-corrected chi connectivity index (χ1v) is 4.75. The Morgan fingerprint density at radius 3 is 2.93 bits per heavy atom. The van der Waals surface area contributed by atoms with Crippen LogP contribution in [0.4, 0.5) is 5.69 Å². The molecule has 0 unspecified atom stereocenters. The summed E-state index contributed by atoms with van der Waals surface area (Å²) < 4.78 is 0. The molecule has 0 amide bonds. The van der Waals surface area contributed by atoms with Crippen molar-refractivity contribution in [1.82, 2.24) is 0 Å². The highest BCUT2D eigenvalue weighted by Crippen LogP contribution is 2.32. The van der Waals surface area contributed by atoms with Crippen LogP contribution >= 0.6 is 0 Å². The minimum absolute atomic E-state index is 0.00263. The van der Waals surface area contributed by atoms with Gasteiger partial charge in [-0.2, -0.15) is 5.26 Å². The molecule has 1 fully saturated rings. The molecule has 3 heteroatoms. The van der Waals surface area contributed by atoms with Gasteiger partial charge in [-0.3, -0.25) is 0 Å². The molecular weight excluding hydrogens is 174 g/mol. The van der Waals surface area contributed by atoms with Gasteiger partial charge in [0.05, 0.1) is 11.6 Å². The SMILES string of the molecule is N#Cc1cccc(NCC2(N)CC2)c1. The predicted molar refractivity (Wildman–Crippen MR) is 55.8 cm³/mol. The quantitative estimate of drug-likeness (QED) is 0.753. The standard InChI is InChI=1S/C11H13N3/c12-7-9-2-1-3-10(6-9)14-8-11(13)4-5-11/h1-3,6,14H,4-5,8,13H2. The number of nitriles is 1. The number of benzene rings is 1. The first-order chi connectivity index (χ1) is 6.72. The summed E-state index contributed by atoms with van der Waals surface area (Å²) in [6.45, 7) is 0.794. The van der Waals surface area contributed by atoms with Gasteiger partial charge in [-0.15, -0.1) is 0 Å². The fourth-order valence-corrected chi connectivity index (χ4v) is 1.31. The molecule has 1 aromatic carbocycles. The molecule has 1 aliphatic carbocycles. The summed E-state index contributed by atoms with van der Waals surface area (Å²) in [7, 11) is 0. The molecule has 2 rings (SSSR count). The molecule has 0 atom stereocenters. The first kappa shape index (κ1) is 9.04. The third-order valence-corrected chi connectivity index (χ3v) is 2.53. The van der Waals surface area contributed by atoms with Gasteiger partial charge in [-0.25, -0.2) is 0 Å². The average Bonchev–Trinajstić information content (AvgIpc) is 2.95. The number of rotatable bonds is 3. The van der Waals surface area contributed by atoms with E-state index in [4.69, 9.17) is 11.0 Å². The number of anilines is 1. The molecule has 0 aliphatic heterocycles. The highest BCUT2D eigenvalue weighted by molar-refractivity contribution is 5.49. The van der Waals surface area contributed by atoms with Crippen LogP contribution < -0.4 is 11.1 Å². The summed E-state index contributed by atoms with van der Waals surface area (Å²) in [4.78, 5) is 0. The second kappa shape index (κ2) is 3.32. The van der Waals surface area contributed by atoms with E-state index in [0.29, 0.717) is 5.56 Å². The lowest BCUT2D eigenvalue weighted by Crippen LogP contribution is -2.31. The van der Waals surface area contributed by atoms with Crippen molar-refractivity contribution in [3.05, 3.63) is 29.8 Å². The van der Waals surface area contributed by atoms with Crippen LogP contribution in [0.15, 0.2) is 24.3 Å². The van der Waals surface area contributed by atoms with Gasteiger partial charge in [0.1, 0.15) is 0 Å². The van der Waals surface area contributed by atoms with Crippen LogP contribution in [0.5, 0.6) is 0 Å². The van der Waals surface area contributed by atoms with Crippen molar-refractivity contribution in [2.24, 2.45) is 5.73 Å². The maximum Gasteiger partial charge on any atom is 0.0992 e. The van der Waals surface area contributed by atoms with Crippen molar-refractivity contribution in [2.75, 3.05) is 11.9 Å². The molecule has 0 bridgehead atoms. The summed E-state index contributed by atoms with van der Waals surface area (Å²) in [5.41, 5.74) is 7.59. The topological polar surface area (TPSA) is 61.8 Å². The van der Waals surface area contributed by atoms with Crippen molar-refractivity contribution in [3.63, 3.8) is 0 Å². The van der Waals surface area contributed by atoms with E-state index in [9.17, 15) is 0 Å². The lowest BCUT2D eigenvalue weighted by atomic mass is 10.2. The summed E-state index contributed by atoms with van der Waals surface area (Å²) in [6.07, 6.45) is 2.19. The van der Waals surface area contributed by atoms with E-state index in [2.05, 4.69) is 11.4 Å². The molecule has 0 saturated heterocycles. The number of hydrogen-bond acceptors (Lipinski definition) is 3. The zero-order chi connectivity index (χ0) is 10.0. The molecule has 3 nitrogen and oxygen atoms in total. The highest BCUT2D eigenvalue weighted by Gasteiger charge is 2.37. The van der Waals surface area contributed by atoms with Crippen molar-refractivity contribution < 1.29 is 0 Å². The molecule has 1 aromatic rings. The van der Waals surface area contributed by atoms with Gasteiger partial charge in [0.2, 0.25) is 0 Å². The molecule has 1 saturated carbocycles.